The molecule has 2 amide bonds. The summed E-state index contributed by atoms with van der Waals surface area (Å²) in [5, 5.41) is 0. The Hall–Kier alpha value is -3.02. The van der Waals surface area contributed by atoms with Crippen LogP contribution in [0.4, 0.5) is 5.69 Å². The number of ether oxygens (including phenoxy) is 1. The topological polar surface area (TPSA) is 53.1 Å². The summed E-state index contributed by atoms with van der Waals surface area (Å²) in [4.78, 5) is 31.6. The smallest absolute Gasteiger partial charge is 0.254 e. The molecule has 0 radical (unpaired) electrons. The van der Waals surface area contributed by atoms with Gasteiger partial charge in [-0.3, -0.25) is 9.59 Å². The van der Waals surface area contributed by atoms with Crippen molar-refractivity contribution >= 4 is 17.5 Å². The molecular weight excluding hydrogens is 366 g/mol. The summed E-state index contributed by atoms with van der Waals surface area (Å²) in [6.45, 7) is 4.35. The molecule has 0 aliphatic carbocycles. The van der Waals surface area contributed by atoms with Crippen LogP contribution in [0.15, 0.2) is 48.5 Å². The maximum Gasteiger partial charge on any atom is 0.254 e. The first-order chi connectivity index (χ1) is 14.2. The second-order valence-electron chi connectivity index (χ2n) is 7.56. The molecule has 0 saturated carbocycles. The number of carbonyl (C=O) groups is 2. The van der Waals surface area contributed by atoms with E-state index in [0.717, 1.165) is 13.1 Å². The van der Waals surface area contributed by atoms with Crippen molar-refractivity contribution in [1.29, 1.82) is 0 Å². The molecule has 0 aromatic heterocycles. The molecule has 2 heterocycles. The number of anilines is 1. The fourth-order valence-electron chi connectivity index (χ4n) is 4.02. The molecule has 2 aliphatic heterocycles. The van der Waals surface area contributed by atoms with Gasteiger partial charge < -0.3 is 19.4 Å². The third-order valence-electron chi connectivity index (χ3n) is 5.76. The standard InChI is InChI=1S/C23H27N3O3/c1-29-21-6-4-5-19(17-21)23(28)26-15-13-25(14-16-26)22(27)18-7-9-20(10-8-18)24-11-2-3-12-24/h4-10,17H,2-3,11-16H2,1H3. The second-order valence-corrected chi connectivity index (χ2v) is 7.56. The molecular formula is C23H27N3O3. The number of benzene rings is 2. The Morgan fingerprint density at radius 2 is 1.34 bits per heavy atom. The molecule has 2 aliphatic rings. The van der Waals surface area contributed by atoms with E-state index in [1.165, 1.54) is 18.5 Å². The van der Waals surface area contributed by atoms with Crippen LogP contribution in [0, 0.1) is 0 Å². The van der Waals surface area contributed by atoms with Crippen LogP contribution in [-0.2, 0) is 0 Å². The highest BCUT2D eigenvalue weighted by atomic mass is 16.5. The third kappa shape index (κ3) is 4.21. The highest BCUT2D eigenvalue weighted by Gasteiger charge is 2.26. The first-order valence-electron chi connectivity index (χ1n) is 10.2. The van der Waals surface area contributed by atoms with Crippen molar-refractivity contribution in [1.82, 2.24) is 9.80 Å². The molecule has 0 N–H and O–H groups in total. The molecule has 6 heteroatoms. The quantitative estimate of drug-likeness (QED) is 0.802. The monoisotopic (exact) mass is 393 g/mol. The predicted octanol–water partition coefficient (Wildman–Crippen LogP) is 2.89. The van der Waals surface area contributed by atoms with Crippen molar-refractivity contribution in [3.05, 3.63) is 59.7 Å². The van der Waals surface area contributed by atoms with Crippen molar-refractivity contribution in [2.24, 2.45) is 0 Å². The Kier molecular flexibility index (Phi) is 5.69. The summed E-state index contributed by atoms with van der Waals surface area (Å²) in [7, 11) is 1.59. The number of amides is 2. The molecule has 2 fully saturated rings. The lowest BCUT2D eigenvalue weighted by Crippen LogP contribution is -2.50. The van der Waals surface area contributed by atoms with Crippen molar-refractivity contribution in [3.63, 3.8) is 0 Å². The third-order valence-corrected chi connectivity index (χ3v) is 5.76. The Balaban J connectivity index is 1.35. The summed E-state index contributed by atoms with van der Waals surface area (Å²) in [6.07, 6.45) is 2.47. The average Bonchev–Trinajstić information content (AvgIpc) is 3.33. The molecule has 152 valence electrons. The van der Waals surface area contributed by atoms with Gasteiger partial charge in [0.2, 0.25) is 0 Å². The van der Waals surface area contributed by atoms with E-state index in [0.29, 0.717) is 43.1 Å². The Bertz CT molecular complexity index is 867. The van der Waals surface area contributed by atoms with Gasteiger partial charge in [0.05, 0.1) is 7.11 Å². The fraction of sp³-hybridized carbons (Fsp3) is 0.391. The minimum Gasteiger partial charge on any atom is -0.497 e. The van der Waals surface area contributed by atoms with Crippen molar-refractivity contribution in [3.8, 4) is 5.75 Å². The van der Waals surface area contributed by atoms with Crippen LogP contribution in [0.25, 0.3) is 0 Å². The molecule has 0 bridgehead atoms. The zero-order valence-electron chi connectivity index (χ0n) is 16.8. The SMILES string of the molecule is COc1cccc(C(=O)N2CCN(C(=O)c3ccc(N4CCCC4)cc3)CC2)c1. The number of hydrogen-bond donors (Lipinski definition) is 0. The van der Waals surface area contributed by atoms with Gasteiger partial charge >= 0.3 is 0 Å². The van der Waals surface area contributed by atoms with Gasteiger partial charge in [-0.15, -0.1) is 0 Å². The summed E-state index contributed by atoms with van der Waals surface area (Å²) < 4.78 is 5.20. The Morgan fingerprint density at radius 3 is 1.93 bits per heavy atom. The van der Waals surface area contributed by atoms with E-state index in [-0.39, 0.29) is 11.8 Å². The zero-order valence-corrected chi connectivity index (χ0v) is 16.8. The number of rotatable bonds is 4. The number of carbonyl (C=O) groups excluding carboxylic acids is 2. The molecule has 2 aromatic rings. The van der Waals surface area contributed by atoms with Gasteiger partial charge in [0.25, 0.3) is 11.8 Å². The van der Waals surface area contributed by atoms with E-state index < -0.39 is 0 Å². The van der Waals surface area contributed by atoms with Crippen LogP contribution in [0.2, 0.25) is 0 Å². The normalized spacial score (nSPS) is 16.8. The zero-order chi connectivity index (χ0) is 20.2. The highest BCUT2D eigenvalue weighted by Crippen LogP contribution is 2.21. The Labute approximate surface area is 171 Å². The lowest BCUT2D eigenvalue weighted by molar-refractivity contribution is 0.0535. The highest BCUT2D eigenvalue weighted by molar-refractivity contribution is 5.96. The molecule has 4 rings (SSSR count). The number of hydrogen-bond acceptors (Lipinski definition) is 4. The van der Waals surface area contributed by atoms with E-state index in [1.54, 1.807) is 24.1 Å². The number of nitrogens with zero attached hydrogens (tertiary/aromatic N) is 3. The van der Waals surface area contributed by atoms with E-state index in [9.17, 15) is 9.59 Å². The van der Waals surface area contributed by atoms with Crippen molar-refractivity contribution < 1.29 is 14.3 Å². The summed E-state index contributed by atoms with van der Waals surface area (Å²) in [5.41, 5.74) is 2.51. The molecule has 0 atom stereocenters. The summed E-state index contributed by atoms with van der Waals surface area (Å²) >= 11 is 0. The predicted molar refractivity (Wildman–Crippen MR) is 113 cm³/mol. The molecule has 29 heavy (non-hydrogen) atoms. The summed E-state index contributed by atoms with van der Waals surface area (Å²) in [6, 6.07) is 15.1. The first-order valence-corrected chi connectivity index (χ1v) is 10.2. The molecule has 0 spiro atoms. The van der Waals surface area contributed by atoms with Gasteiger partial charge in [0, 0.05) is 56.1 Å². The minimum absolute atomic E-state index is 0.0223. The van der Waals surface area contributed by atoms with Gasteiger partial charge in [0.15, 0.2) is 0 Å². The Morgan fingerprint density at radius 1 is 0.759 bits per heavy atom. The van der Waals surface area contributed by atoms with Crippen molar-refractivity contribution in [2.75, 3.05) is 51.3 Å². The van der Waals surface area contributed by atoms with E-state index in [1.807, 2.05) is 41.3 Å². The second kappa shape index (κ2) is 8.55. The molecule has 6 nitrogen and oxygen atoms in total. The van der Waals surface area contributed by atoms with E-state index in [4.69, 9.17) is 4.74 Å². The van der Waals surface area contributed by atoms with Gasteiger partial charge in [-0.1, -0.05) is 6.07 Å². The number of methoxy groups -OCH3 is 1. The summed E-state index contributed by atoms with van der Waals surface area (Å²) in [5.74, 6) is 0.680. The largest absolute Gasteiger partial charge is 0.497 e. The van der Waals surface area contributed by atoms with Crippen LogP contribution >= 0.6 is 0 Å². The fourth-order valence-corrected chi connectivity index (χ4v) is 4.02. The molecule has 0 unspecified atom stereocenters. The lowest BCUT2D eigenvalue weighted by atomic mass is 10.1. The van der Waals surface area contributed by atoms with Crippen LogP contribution in [0.5, 0.6) is 5.75 Å². The average molecular weight is 393 g/mol. The van der Waals surface area contributed by atoms with Crippen LogP contribution in [-0.4, -0.2) is 68.0 Å². The van der Waals surface area contributed by atoms with Crippen LogP contribution in [0.3, 0.4) is 0 Å². The minimum atomic E-state index is -0.0223. The maximum absolute atomic E-state index is 12.9. The lowest BCUT2D eigenvalue weighted by Gasteiger charge is -2.35. The van der Waals surface area contributed by atoms with Gasteiger partial charge in [0.1, 0.15) is 5.75 Å². The van der Waals surface area contributed by atoms with Gasteiger partial charge in [-0.2, -0.15) is 0 Å². The van der Waals surface area contributed by atoms with E-state index >= 15 is 0 Å². The molecule has 2 aromatic carbocycles. The first kappa shape index (κ1) is 19.3. The van der Waals surface area contributed by atoms with Crippen molar-refractivity contribution in [2.45, 2.75) is 12.8 Å². The van der Waals surface area contributed by atoms with Crippen LogP contribution in [0.1, 0.15) is 33.6 Å². The van der Waals surface area contributed by atoms with Crippen LogP contribution < -0.4 is 9.64 Å². The number of piperazine rings is 1. The van der Waals surface area contributed by atoms with Gasteiger partial charge in [-0.25, -0.2) is 0 Å². The maximum atomic E-state index is 12.9. The van der Waals surface area contributed by atoms with Gasteiger partial charge in [-0.05, 0) is 55.3 Å². The van der Waals surface area contributed by atoms with E-state index in [2.05, 4.69) is 4.90 Å². The molecule has 2 saturated heterocycles.